The van der Waals surface area contributed by atoms with Gasteiger partial charge in [-0.05, 0) is 63.5 Å². The Morgan fingerprint density at radius 2 is 2.00 bits per heavy atom. The van der Waals surface area contributed by atoms with E-state index in [1.54, 1.807) is 6.20 Å². The summed E-state index contributed by atoms with van der Waals surface area (Å²) in [6.45, 7) is 3.62. The summed E-state index contributed by atoms with van der Waals surface area (Å²) in [6.07, 6.45) is 9.85. The van der Waals surface area contributed by atoms with Gasteiger partial charge in [-0.2, -0.15) is 0 Å². The maximum atomic E-state index is 13.0. The van der Waals surface area contributed by atoms with Crippen molar-refractivity contribution in [1.29, 1.82) is 0 Å². The zero-order valence-corrected chi connectivity index (χ0v) is 15.8. The van der Waals surface area contributed by atoms with Gasteiger partial charge in [0.15, 0.2) is 0 Å². The molecule has 0 saturated carbocycles. The monoisotopic (exact) mass is 357 g/mol. The van der Waals surface area contributed by atoms with Gasteiger partial charge in [0.1, 0.15) is 5.60 Å². The number of pyridine rings is 1. The van der Waals surface area contributed by atoms with E-state index >= 15 is 0 Å². The van der Waals surface area contributed by atoms with Crippen LogP contribution in [0.5, 0.6) is 0 Å². The highest BCUT2D eigenvalue weighted by atomic mass is 16.3. The van der Waals surface area contributed by atoms with Crippen LogP contribution in [0.2, 0.25) is 0 Å². The van der Waals surface area contributed by atoms with Crippen LogP contribution in [0.15, 0.2) is 24.4 Å². The Balaban J connectivity index is 1.44. The number of rotatable bonds is 4. The molecular formula is C21H31N3O2. The summed E-state index contributed by atoms with van der Waals surface area (Å²) >= 11 is 0. The first-order chi connectivity index (χ1) is 12.6. The van der Waals surface area contributed by atoms with Gasteiger partial charge in [0.2, 0.25) is 5.91 Å². The van der Waals surface area contributed by atoms with Gasteiger partial charge in [-0.15, -0.1) is 0 Å². The molecule has 0 aliphatic carbocycles. The first kappa shape index (κ1) is 17.9. The number of aromatic nitrogens is 1. The van der Waals surface area contributed by atoms with Crippen molar-refractivity contribution in [2.24, 2.45) is 0 Å². The number of likely N-dealkylation sites (tertiary alicyclic amines) is 1. The molecule has 0 spiro atoms. The van der Waals surface area contributed by atoms with E-state index in [0.29, 0.717) is 25.4 Å². The Labute approximate surface area is 156 Å². The molecule has 5 nitrogen and oxygen atoms in total. The van der Waals surface area contributed by atoms with Gasteiger partial charge in [-0.1, -0.05) is 13.0 Å². The lowest BCUT2D eigenvalue weighted by atomic mass is 9.83. The number of amides is 1. The molecule has 3 atom stereocenters. The zero-order valence-electron chi connectivity index (χ0n) is 15.8. The lowest BCUT2D eigenvalue weighted by Gasteiger charge is -2.44. The van der Waals surface area contributed by atoms with Gasteiger partial charge < -0.3 is 10.0 Å². The molecule has 1 aromatic rings. The predicted molar refractivity (Wildman–Crippen MR) is 101 cm³/mol. The van der Waals surface area contributed by atoms with Crippen LogP contribution in [-0.2, 0) is 10.4 Å². The van der Waals surface area contributed by atoms with Gasteiger partial charge in [-0.25, -0.2) is 0 Å². The Hall–Kier alpha value is -1.46. The molecule has 4 rings (SSSR count). The van der Waals surface area contributed by atoms with Gasteiger partial charge in [-0.3, -0.25) is 14.7 Å². The van der Waals surface area contributed by atoms with Gasteiger partial charge in [0, 0.05) is 30.9 Å². The third kappa shape index (κ3) is 3.27. The number of piperidine rings is 2. The maximum Gasteiger partial charge on any atom is 0.237 e. The number of aliphatic hydroxyl groups is 1. The quantitative estimate of drug-likeness (QED) is 0.900. The molecule has 2 bridgehead atoms. The van der Waals surface area contributed by atoms with Crippen molar-refractivity contribution in [3.8, 4) is 0 Å². The second-order valence-corrected chi connectivity index (χ2v) is 8.36. The van der Waals surface area contributed by atoms with E-state index < -0.39 is 5.60 Å². The molecule has 3 aliphatic heterocycles. The van der Waals surface area contributed by atoms with Crippen LogP contribution in [0.1, 0.15) is 64.0 Å². The number of hydrogen-bond acceptors (Lipinski definition) is 4. The van der Waals surface area contributed by atoms with E-state index in [-0.39, 0.29) is 18.0 Å². The molecule has 5 heteroatoms. The van der Waals surface area contributed by atoms with Crippen LogP contribution in [0.25, 0.3) is 0 Å². The predicted octanol–water partition coefficient (Wildman–Crippen LogP) is 2.69. The lowest BCUT2D eigenvalue weighted by molar-refractivity contribution is -0.139. The topological polar surface area (TPSA) is 56.7 Å². The van der Waals surface area contributed by atoms with E-state index in [4.69, 9.17) is 0 Å². The highest BCUT2D eigenvalue weighted by Crippen LogP contribution is 2.45. The van der Waals surface area contributed by atoms with Crippen LogP contribution in [-0.4, -0.2) is 57.0 Å². The summed E-state index contributed by atoms with van der Waals surface area (Å²) in [5.41, 5.74) is -0.0612. The fourth-order valence-electron chi connectivity index (χ4n) is 5.42. The fourth-order valence-corrected chi connectivity index (χ4v) is 5.42. The summed E-state index contributed by atoms with van der Waals surface area (Å²) in [4.78, 5) is 21.9. The molecule has 142 valence electrons. The Bertz CT molecular complexity index is 621. The normalized spacial score (nSPS) is 34.8. The molecule has 0 radical (unpaired) electrons. The summed E-state index contributed by atoms with van der Waals surface area (Å²) in [5.74, 6) is 0.289. The summed E-state index contributed by atoms with van der Waals surface area (Å²) in [6, 6.07) is 6.75. The Kier molecular flexibility index (Phi) is 5.02. The van der Waals surface area contributed by atoms with Crippen molar-refractivity contribution in [2.75, 3.05) is 13.1 Å². The van der Waals surface area contributed by atoms with E-state index in [1.165, 1.54) is 6.42 Å². The second-order valence-electron chi connectivity index (χ2n) is 8.36. The van der Waals surface area contributed by atoms with Crippen LogP contribution in [0, 0.1) is 0 Å². The molecular weight excluding hydrogens is 326 g/mol. The summed E-state index contributed by atoms with van der Waals surface area (Å²) < 4.78 is 0. The number of carbonyl (C=O) groups is 1. The molecule has 26 heavy (non-hydrogen) atoms. The summed E-state index contributed by atoms with van der Waals surface area (Å²) in [5, 5.41) is 11.2. The SMILES string of the molecule is CC[C@@H]1CCCCN1C(=O)CN1[C@H]2CC[C@H]1CC(O)(c1ccccn1)C2. The molecule has 3 aliphatic rings. The summed E-state index contributed by atoms with van der Waals surface area (Å²) in [7, 11) is 0. The van der Waals surface area contributed by atoms with E-state index in [1.807, 2.05) is 18.2 Å². The van der Waals surface area contributed by atoms with E-state index in [9.17, 15) is 9.90 Å². The third-order valence-corrected chi connectivity index (χ3v) is 6.80. The number of carbonyl (C=O) groups excluding carboxylic acids is 1. The van der Waals surface area contributed by atoms with E-state index in [2.05, 4.69) is 21.7 Å². The van der Waals surface area contributed by atoms with Crippen LogP contribution >= 0.6 is 0 Å². The van der Waals surface area contributed by atoms with Crippen LogP contribution in [0.4, 0.5) is 0 Å². The minimum absolute atomic E-state index is 0.287. The first-order valence-corrected chi connectivity index (χ1v) is 10.3. The molecule has 1 aromatic heterocycles. The standard InChI is InChI=1S/C21H31N3O2/c1-2-16-7-4-6-12-23(16)20(25)15-24-17-9-10-18(24)14-21(26,13-17)19-8-3-5-11-22-19/h3,5,8,11,16-18,26H,2,4,6-7,9-10,12-15H2,1H3/t16-,17+,18+/m1/s1. The molecule has 3 saturated heterocycles. The van der Waals surface area contributed by atoms with Crippen molar-refractivity contribution >= 4 is 5.91 Å². The Morgan fingerprint density at radius 1 is 1.23 bits per heavy atom. The highest BCUT2D eigenvalue weighted by molar-refractivity contribution is 5.79. The molecule has 0 unspecified atom stereocenters. The minimum atomic E-state index is -0.844. The Morgan fingerprint density at radius 3 is 2.65 bits per heavy atom. The maximum absolute atomic E-state index is 13.0. The highest BCUT2D eigenvalue weighted by Gasteiger charge is 2.49. The van der Waals surface area contributed by atoms with Crippen LogP contribution in [0.3, 0.4) is 0 Å². The molecule has 0 aromatic carbocycles. The number of fused-ring (bicyclic) bond motifs is 2. The van der Waals surface area contributed by atoms with Gasteiger partial charge >= 0.3 is 0 Å². The average molecular weight is 357 g/mol. The second kappa shape index (κ2) is 7.28. The third-order valence-electron chi connectivity index (χ3n) is 6.80. The fraction of sp³-hybridized carbons (Fsp3) is 0.714. The van der Waals surface area contributed by atoms with Crippen molar-refractivity contribution in [3.05, 3.63) is 30.1 Å². The minimum Gasteiger partial charge on any atom is -0.383 e. The molecule has 3 fully saturated rings. The number of nitrogens with zero attached hydrogens (tertiary/aromatic N) is 3. The smallest absolute Gasteiger partial charge is 0.237 e. The molecule has 1 N–H and O–H groups in total. The average Bonchev–Trinajstić information content (AvgIpc) is 2.92. The van der Waals surface area contributed by atoms with Crippen LogP contribution < -0.4 is 0 Å². The number of hydrogen-bond donors (Lipinski definition) is 1. The van der Waals surface area contributed by atoms with Gasteiger partial charge in [0.25, 0.3) is 0 Å². The molecule has 4 heterocycles. The lowest BCUT2D eigenvalue weighted by Crippen LogP contribution is -2.54. The van der Waals surface area contributed by atoms with Crippen molar-refractivity contribution < 1.29 is 9.90 Å². The zero-order chi connectivity index (χ0) is 18.1. The largest absolute Gasteiger partial charge is 0.383 e. The molecule has 1 amide bonds. The van der Waals surface area contributed by atoms with E-state index in [0.717, 1.165) is 44.3 Å². The van der Waals surface area contributed by atoms with Crippen molar-refractivity contribution in [1.82, 2.24) is 14.8 Å². The first-order valence-electron chi connectivity index (χ1n) is 10.3. The van der Waals surface area contributed by atoms with Gasteiger partial charge in [0.05, 0.1) is 12.2 Å². The van der Waals surface area contributed by atoms with Crippen molar-refractivity contribution in [2.45, 2.75) is 82.0 Å². The van der Waals surface area contributed by atoms with Crippen molar-refractivity contribution in [3.63, 3.8) is 0 Å².